The second kappa shape index (κ2) is 8.58. The average Bonchev–Trinajstić information content (AvgIpc) is 3.10. The molecule has 1 aliphatic carbocycles. The van der Waals surface area contributed by atoms with Gasteiger partial charge in [0.1, 0.15) is 0 Å². The third-order valence-electron chi connectivity index (χ3n) is 5.10. The molecule has 0 radical (unpaired) electrons. The number of likely N-dealkylation sites (tertiary alicyclic amines) is 1. The smallest absolute Gasteiger partial charge is 0.281 e. The Hall–Kier alpha value is -1.47. The Morgan fingerprint density at radius 2 is 1.92 bits per heavy atom. The van der Waals surface area contributed by atoms with Gasteiger partial charge in [0.05, 0.1) is 13.1 Å². The lowest BCUT2D eigenvalue weighted by Crippen LogP contribution is -3.14. The van der Waals surface area contributed by atoms with Crippen molar-refractivity contribution in [3.8, 4) is 0 Å². The van der Waals surface area contributed by atoms with E-state index in [-0.39, 0.29) is 23.8 Å². The molecule has 7 heteroatoms. The molecule has 0 atom stereocenters. The number of nitrogens with one attached hydrogen (secondary N) is 3. The molecule has 2 fully saturated rings. The summed E-state index contributed by atoms with van der Waals surface area (Å²) in [6.07, 6.45) is 9.35. The number of rotatable bonds is 5. The predicted molar refractivity (Wildman–Crippen MR) is 94.0 cm³/mol. The Morgan fingerprint density at radius 1 is 1.17 bits per heavy atom. The van der Waals surface area contributed by atoms with Crippen molar-refractivity contribution >= 4 is 28.3 Å². The van der Waals surface area contributed by atoms with Crippen molar-refractivity contribution in [2.24, 2.45) is 5.92 Å². The van der Waals surface area contributed by atoms with Gasteiger partial charge in [-0.2, -0.15) is 0 Å². The van der Waals surface area contributed by atoms with Gasteiger partial charge in [-0.25, -0.2) is 4.98 Å². The van der Waals surface area contributed by atoms with Crippen LogP contribution in [-0.4, -0.2) is 42.5 Å². The molecule has 3 N–H and O–H groups in total. The molecule has 0 bridgehead atoms. The fourth-order valence-electron chi connectivity index (χ4n) is 3.71. The first-order valence-electron chi connectivity index (χ1n) is 9.04. The molecule has 1 aromatic heterocycles. The van der Waals surface area contributed by atoms with Gasteiger partial charge in [-0.15, -0.1) is 11.3 Å². The number of piperidine rings is 1. The lowest BCUT2D eigenvalue weighted by Gasteiger charge is -2.31. The third-order valence-corrected chi connectivity index (χ3v) is 5.79. The first-order valence-corrected chi connectivity index (χ1v) is 9.92. The van der Waals surface area contributed by atoms with E-state index in [4.69, 9.17) is 0 Å². The van der Waals surface area contributed by atoms with Crippen LogP contribution in [0.5, 0.6) is 0 Å². The molecule has 24 heavy (non-hydrogen) atoms. The van der Waals surface area contributed by atoms with Gasteiger partial charge < -0.3 is 10.2 Å². The van der Waals surface area contributed by atoms with Gasteiger partial charge in [0.2, 0.25) is 5.91 Å². The second-order valence-corrected chi connectivity index (χ2v) is 7.82. The number of aromatic nitrogens is 1. The van der Waals surface area contributed by atoms with E-state index < -0.39 is 0 Å². The van der Waals surface area contributed by atoms with Gasteiger partial charge >= 0.3 is 0 Å². The summed E-state index contributed by atoms with van der Waals surface area (Å²) in [5.41, 5.74) is 0. The van der Waals surface area contributed by atoms with E-state index in [1.807, 2.05) is 5.38 Å². The standard InChI is InChI=1S/C17H26N4O2S/c22-15(20-17-18-8-11-24-17)12-21-9-6-14(7-10-21)19-16(23)13-4-2-1-3-5-13/h8,11,13-14H,1-7,9-10,12H2,(H,19,23)(H,18,20,22)/p+1. The highest BCUT2D eigenvalue weighted by Crippen LogP contribution is 2.24. The first-order chi connectivity index (χ1) is 11.7. The molecule has 1 aliphatic heterocycles. The molecule has 0 unspecified atom stereocenters. The summed E-state index contributed by atoms with van der Waals surface area (Å²) in [5.74, 6) is 0.502. The second-order valence-electron chi connectivity index (χ2n) is 6.93. The first kappa shape index (κ1) is 17.4. The fourth-order valence-corrected chi connectivity index (χ4v) is 4.25. The number of amides is 2. The summed E-state index contributed by atoms with van der Waals surface area (Å²) < 4.78 is 0. The number of carbonyl (C=O) groups excluding carboxylic acids is 2. The number of nitrogens with zero attached hydrogens (tertiary/aromatic N) is 1. The van der Waals surface area contributed by atoms with Crippen molar-refractivity contribution in [2.75, 3.05) is 25.0 Å². The molecule has 0 spiro atoms. The van der Waals surface area contributed by atoms with Crippen LogP contribution in [0.2, 0.25) is 0 Å². The van der Waals surface area contributed by atoms with Crippen molar-refractivity contribution < 1.29 is 14.5 Å². The maximum atomic E-state index is 12.3. The zero-order valence-electron chi connectivity index (χ0n) is 14.1. The van der Waals surface area contributed by atoms with E-state index in [1.165, 1.54) is 35.5 Å². The lowest BCUT2D eigenvalue weighted by molar-refractivity contribution is -0.897. The molecule has 2 amide bonds. The maximum Gasteiger partial charge on any atom is 0.281 e. The highest BCUT2D eigenvalue weighted by atomic mass is 32.1. The minimum absolute atomic E-state index is 0.0182. The Labute approximate surface area is 147 Å². The number of quaternary nitrogens is 1. The Bertz CT molecular complexity index is 535. The number of hydrogen-bond donors (Lipinski definition) is 3. The normalized spacial score (nSPS) is 25.2. The molecule has 1 saturated heterocycles. The predicted octanol–water partition coefficient (Wildman–Crippen LogP) is 0.825. The Morgan fingerprint density at radius 3 is 2.58 bits per heavy atom. The van der Waals surface area contributed by atoms with Crippen molar-refractivity contribution in [2.45, 2.75) is 51.0 Å². The minimum Gasteiger partial charge on any atom is -0.353 e. The topological polar surface area (TPSA) is 75.5 Å². The molecular weight excluding hydrogens is 324 g/mol. The van der Waals surface area contributed by atoms with Crippen molar-refractivity contribution in [3.63, 3.8) is 0 Å². The van der Waals surface area contributed by atoms with Crippen LogP contribution in [0.4, 0.5) is 5.13 Å². The van der Waals surface area contributed by atoms with E-state index >= 15 is 0 Å². The van der Waals surface area contributed by atoms with Crippen LogP contribution in [0.1, 0.15) is 44.9 Å². The van der Waals surface area contributed by atoms with Crippen molar-refractivity contribution in [1.82, 2.24) is 10.3 Å². The summed E-state index contributed by atoms with van der Waals surface area (Å²) in [5, 5.41) is 8.58. The van der Waals surface area contributed by atoms with Gasteiger partial charge in [0, 0.05) is 36.4 Å². The fraction of sp³-hybridized carbons (Fsp3) is 0.706. The van der Waals surface area contributed by atoms with Crippen LogP contribution in [0.3, 0.4) is 0 Å². The molecular formula is C17H27N4O2S+. The highest BCUT2D eigenvalue weighted by molar-refractivity contribution is 7.13. The quantitative estimate of drug-likeness (QED) is 0.735. The van der Waals surface area contributed by atoms with Gasteiger partial charge in [0.15, 0.2) is 11.7 Å². The summed E-state index contributed by atoms with van der Waals surface area (Å²) in [4.78, 5) is 29.7. The molecule has 2 heterocycles. The molecule has 1 saturated carbocycles. The number of anilines is 1. The monoisotopic (exact) mass is 351 g/mol. The van der Waals surface area contributed by atoms with Crippen LogP contribution in [0.25, 0.3) is 0 Å². The van der Waals surface area contributed by atoms with Crippen LogP contribution < -0.4 is 15.5 Å². The molecule has 1 aromatic rings. The van der Waals surface area contributed by atoms with Gasteiger partial charge in [-0.3, -0.25) is 14.9 Å². The van der Waals surface area contributed by atoms with Crippen LogP contribution in [-0.2, 0) is 9.59 Å². The Balaban J connectivity index is 1.36. The number of carbonyl (C=O) groups is 2. The lowest BCUT2D eigenvalue weighted by atomic mass is 9.88. The van der Waals surface area contributed by atoms with Gasteiger partial charge in [0.25, 0.3) is 5.91 Å². The highest BCUT2D eigenvalue weighted by Gasteiger charge is 2.28. The molecule has 6 nitrogen and oxygen atoms in total. The van der Waals surface area contributed by atoms with Gasteiger partial charge in [-0.05, 0) is 12.8 Å². The molecule has 3 rings (SSSR count). The summed E-state index contributed by atoms with van der Waals surface area (Å²) in [7, 11) is 0. The van der Waals surface area contributed by atoms with Crippen molar-refractivity contribution in [3.05, 3.63) is 11.6 Å². The average molecular weight is 351 g/mol. The SMILES string of the molecule is O=C(C[NH+]1CCC(NC(=O)C2CCCCC2)CC1)Nc1nccs1. The summed E-state index contributed by atoms with van der Waals surface area (Å²) in [6, 6.07) is 0.283. The minimum atomic E-state index is 0.0182. The molecule has 2 aliphatic rings. The van der Waals surface area contributed by atoms with Crippen LogP contribution in [0, 0.1) is 5.92 Å². The van der Waals surface area contributed by atoms with E-state index in [1.54, 1.807) is 6.20 Å². The van der Waals surface area contributed by atoms with E-state index in [0.717, 1.165) is 38.8 Å². The van der Waals surface area contributed by atoms with E-state index in [0.29, 0.717) is 11.7 Å². The van der Waals surface area contributed by atoms with Gasteiger partial charge in [-0.1, -0.05) is 19.3 Å². The zero-order valence-corrected chi connectivity index (χ0v) is 14.9. The van der Waals surface area contributed by atoms with Crippen LogP contribution >= 0.6 is 11.3 Å². The van der Waals surface area contributed by atoms with Crippen LogP contribution in [0.15, 0.2) is 11.6 Å². The molecule has 132 valence electrons. The maximum absolute atomic E-state index is 12.3. The summed E-state index contributed by atoms with van der Waals surface area (Å²) in [6.45, 7) is 2.34. The molecule has 0 aromatic carbocycles. The summed E-state index contributed by atoms with van der Waals surface area (Å²) >= 11 is 1.43. The Kier molecular flexibility index (Phi) is 6.20. The van der Waals surface area contributed by atoms with Crippen molar-refractivity contribution in [1.29, 1.82) is 0 Å². The van der Waals surface area contributed by atoms with E-state index in [9.17, 15) is 9.59 Å². The van der Waals surface area contributed by atoms with E-state index in [2.05, 4.69) is 15.6 Å². The zero-order chi connectivity index (χ0) is 16.8. The third kappa shape index (κ3) is 5.01. The largest absolute Gasteiger partial charge is 0.353 e. The number of thiazole rings is 1. The number of hydrogen-bond acceptors (Lipinski definition) is 4.